The predicted molar refractivity (Wildman–Crippen MR) is 66.0 cm³/mol. The maximum absolute atomic E-state index is 11.5. The Bertz CT molecular complexity index is 473. The van der Waals surface area contributed by atoms with Crippen molar-refractivity contribution in [1.82, 2.24) is 0 Å². The van der Waals surface area contributed by atoms with Crippen LogP contribution in [0.4, 0.5) is 5.69 Å². The van der Waals surface area contributed by atoms with Crippen LogP contribution in [0.2, 0.25) is 0 Å². The van der Waals surface area contributed by atoms with E-state index in [1.54, 1.807) is 19.1 Å². The Morgan fingerprint density at radius 2 is 2.12 bits per heavy atom. The van der Waals surface area contributed by atoms with Gasteiger partial charge in [0, 0.05) is 6.04 Å². The average molecular weight is 232 g/mol. The van der Waals surface area contributed by atoms with Crippen LogP contribution >= 0.6 is 0 Å². The van der Waals surface area contributed by atoms with Crippen molar-refractivity contribution in [2.24, 2.45) is 0 Å². The maximum atomic E-state index is 11.5. The van der Waals surface area contributed by atoms with Crippen LogP contribution in [0.15, 0.2) is 12.1 Å². The van der Waals surface area contributed by atoms with E-state index in [2.05, 4.69) is 11.4 Å². The summed E-state index contributed by atoms with van der Waals surface area (Å²) in [6.07, 6.45) is 0. The first-order valence-electron chi connectivity index (χ1n) is 5.39. The Balaban J connectivity index is 3.28. The minimum atomic E-state index is -0.390. The molecule has 1 N–H and O–H groups in total. The van der Waals surface area contributed by atoms with Crippen molar-refractivity contribution in [3.05, 3.63) is 28.8 Å². The third-order valence-electron chi connectivity index (χ3n) is 2.33. The van der Waals surface area contributed by atoms with E-state index in [9.17, 15) is 4.79 Å². The highest BCUT2D eigenvalue weighted by Crippen LogP contribution is 2.22. The minimum absolute atomic E-state index is 0.190. The molecular formula is C13H16N2O2. The first-order valence-corrected chi connectivity index (χ1v) is 5.39. The van der Waals surface area contributed by atoms with E-state index in [0.29, 0.717) is 16.8 Å². The lowest BCUT2D eigenvalue weighted by atomic mass is 10.0. The molecule has 0 heterocycles. The summed E-state index contributed by atoms with van der Waals surface area (Å²) >= 11 is 0. The lowest BCUT2D eigenvalue weighted by Gasteiger charge is -2.14. The molecule has 0 fully saturated rings. The molecular weight excluding hydrogens is 216 g/mol. The van der Waals surface area contributed by atoms with Gasteiger partial charge in [-0.3, -0.25) is 0 Å². The van der Waals surface area contributed by atoms with Gasteiger partial charge in [-0.1, -0.05) is 0 Å². The summed E-state index contributed by atoms with van der Waals surface area (Å²) in [5, 5.41) is 12.2. The molecule has 0 radical (unpaired) electrons. The van der Waals surface area contributed by atoms with Crippen LogP contribution in [0, 0.1) is 18.3 Å². The molecule has 0 saturated carbocycles. The Morgan fingerprint density at radius 1 is 1.47 bits per heavy atom. The van der Waals surface area contributed by atoms with Gasteiger partial charge in [-0.25, -0.2) is 4.79 Å². The van der Waals surface area contributed by atoms with Crippen LogP contribution in [-0.4, -0.2) is 19.1 Å². The van der Waals surface area contributed by atoms with Gasteiger partial charge in [0.2, 0.25) is 0 Å². The summed E-state index contributed by atoms with van der Waals surface area (Å²) < 4.78 is 4.70. The molecule has 4 nitrogen and oxygen atoms in total. The number of nitrogens with zero attached hydrogens (tertiary/aromatic N) is 1. The van der Waals surface area contributed by atoms with E-state index < -0.39 is 5.97 Å². The van der Waals surface area contributed by atoms with Crippen LogP contribution in [0.5, 0.6) is 0 Å². The minimum Gasteiger partial charge on any atom is -0.465 e. The molecule has 1 aromatic carbocycles. The average Bonchev–Trinajstić information content (AvgIpc) is 2.29. The maximum Gasteiger partial charge on any atom is 0.338 e. The molecule has 0 aliphatic heterocycles. The molecule has 0 spiro atoms. The molecule has 1 rings (SSSR count). The number of anilines is 1. The molecule has 17 heavy (non-hydrogen) atoms. The number of esters is 1. The third kappa shape index (κ3) is 2.97. The summed E-state index contributed by atoms with van der Waals surface area (Å²) in [6.45, 7) is 5.73. The van der Waals surface area contributed by atoms with Crippen LogP contribution in [0.3, 0.4) is 0 Å². The number of hydrogen-bond donors (Lipinski definition) is 1. The van der Waals surface area contributed by atoms with Gasteiger partial charge >= 0.3 is 5.97 Å². The number of carbonyl (C=O) groups is 1. The van der Waals surface area contributed by atoms with E-state index in [-0.39, 0.29) is 6.04 Å². The first kappa shape index (κ1) is 13.0. The van der Waals surface area contributed by atoms with E-state index in [0.717, 1.165) is 5.56 Å². The topological polar surface area (TPSA) is 62.1 Å². The second-order valence-electron chi connectivity index (χ2n) is 4.12. The fraction of sp³-hybridized carbons (Fsp3) is 0.385. The summed E-state index contributed by atoms with van der Waals surface area (Å²) in [4.78, 5) is 11.5. The number of rotatable bonds is 3. The third-order valence-corrected chi connectivity index (χ3v) is 2.33. The van der Waals surface area contributed by atoms with Crippen LogP contribution in [0.25, 0.3) is 0 Å². The van der Waals surface area contributed by atoms with E-state index in [1.165, 1.54) is 7.11 Å². The molecule has 0 aliphatic rings. The second-order valence-corrected chi connectivity index (χ2v) is 4.12. The van der Waals surface area contributed by atoms with Crippen molar-refractivity contribution in [2.45, 2.75) is 26.8 Å². The van der Waals surface area contributed by atoms with Gasteiger partial charge in [-0.2, -0.15) is 5.26 Å². The van der Waals surface area contributed by atoms with Crippen LogP contribution < -0.4 is 5.32 Å². The van der Waals surface area contributed by atoms with Crippen molar-refractivity contribution in [3.63, 3.8) is 0 Å². The van der Waals surface area contributed by atoms with Gasteiger partial charge in [-0.05, 0) is 38.5 Å². The molecule has 0 aliphatic carbocycles. The first-order chi connectivity index (χ1) is 7.99. The molecule has 4 heteroatoms. The number of methoxy groups -OCH3 is 1. The van der Waals surface area contributed by atoms with Crippen molar-refractivity contribution in [1.29, 1.82) is 5.26 Å². The predicted octanol–water partition coefficient (Wildman–Crippen LogP) is 2.47. The van der Waals surface area contributed by atoms with E-state index >= 15 is 0 Å². The zero-order valence-electron chi connectivity index (χ0n) is 10.5. The highest BCUT2D eigenvalue weighted by molar-refractivity contribution is 5.92. The molecule has 0 amide bonds. The highest BCUT2D eigenvalue weighted by atomic mass is 16.5. The number of hydrogen-bond acceptors (Lipinski definition) is 4. The van der Waals surface area contributed by atoms with Gasteiger partial charge in [-0.15, -0.1) is 0 Å². The van der Waals surface area contributed by atoms with E-state index in [4.69, 9.17) is 10.00 Å². The van der Waals surface area contributed by atoms with Crippen LogP contribution in [-0.2, 0) is 4.74 Å². The summed E-state index contributed by atoms with van der Waals surface area (Å²) in [6, 6.07) is 5.66. The van der Waals surface area contributed by atoms with Crippen molar-refractivity contribution in [2.75, 3.05) is 12.4 Å². The largest absolute Gasteiger partial charge is 0.465 e. The van der Waals surface area contributed by atoms with Gasteiger partial charge in [0.05, 0.1) is 23.9 Å². The van der Waals surface area contributed by atoms with Crippen LogP contribution in [0.1, 0.15) is 35.3 Å². The Labute approximate surface area is 101 Å². The SMILES string of the molecule is COC(=O)c1cc(NC(C)C)c(C#N)cc1C. The Morgan fingerprint density at radius 3 is 2.59 bits per heavy atom. The Kier molecular flexibility index (Phi) is 4.11. The monoisotopic (exact) mass is 232 g/mol. The molecule has 90 valence electrons. The normalized spacial score (nSPS) is 9.88. The van der Waals surface area contributed by atoms with Gasteiger partial charge in [0.15, 0.2) is 0 Å². The summed E-state index contributed by atoms with van der Waals surface area (Å²) in [7, 11) is 1.34. The zero-order valence-corrected chi connectivity index (χ0v) is 10.5. The molecule has 0 aromatic heterocycles. The number of aryl methyl sites for hydroxylation is 1. The van der Waals surface area contributed by atoms with Gasteiger partial charge in [0.25, 0.3) is 0 Å². The molecule has 1 aromatic rings. The zero-order chi connectivity index (χ0) is 13.0. The Hall–Kier alpha value is -2.02. The number of ether oxygens (including phenoxy) is 1. The highest BCUT2D eigenvalue weighted by Gasteiger charge is 2.14. The second kappa shape index (κ2) is 5.35. The molecule has 0 bridgehead atoms. The number of benzene rings is 1. The van der Waals surface area contributed by atoms with Gasteiger partial charge < -0.3 is 10.1 Å². The van der Waals surface area contributed by atoms with Crippen molar-refractivity contribution < 1.29 is 9.53 Å². The smallest absolute Gasteiger partial charge is 0.338 e. The quantitative estimate of drug-likeness (QED) is 0.813. The number of nitrogens with one attached hydrogen (secondary N) is 1. The fourth-order valence-corrected chi connectivity index (χ4v) is 1.56. The number of nitriles is 1. The number of carbonyl (C=O) groups excluding carboxylic acids is 1. The molecule has 0 unspecified atom stereocenters. The lowest BCUT2D eigenvalue weighted by Crippen LogP contribution is -2.13. The van der Waals surface area contributed by atoms with Crippen molar-refractivity contribution in [3.8, 4) is 6.07 Å². The standard InChI is InChI=1S/C13H16N2O2/c1-8(2)15-12-6-11(13(16)17-4)9(3)5-10(12)7-14/h5-6,8,15H,1-4H3. The lowest BCUT2D eigenvalue weighted by molar-refractivity contribution is 0.0600. The summed E-state index contributed by atoms with van der Waals surface area (Å²) in [5.41, 5.74) is 2.41. The van der Waals surface area contributed by atoms with Gasteiger partial charge in [0.1, 0.15) is 6.07 Å². The van der Waals surface area contributed by atoms with E-state index in [1.807, 2.05) is 13.8 Å². The summed E-state index contributed by atoms with van der Waals surface area (Å²) in [5.74, 6) is -0.390. The fourth-order valence-electron chi connectivity index (χ4n) is 1.56. The molecule has 0 saturated heterocycles. The molecule has 0 atom stereocenters. The van der Waals surface area contributed by atoms with Crippen molar-refractivity contribution >= 4 is 11.7 Å².